The molecule has 0 aliphatic carbocycles. The quantitative estimate of drug-likeness (QED) is 0.477. The van der Waals surface area contributed by atoms with Crippen molar-refractivity contribution in [1.29, 1.82) is 0 Å². The molecule has 0 saturated carbocycles. The second kappa shape index (κ2) is 6.79. The van der Waals surface area contributed by atoms with E-state index in [-0.39, 0.29) is 5.91 Å². The van der Waals surface area contributed by atoms with Crippen LogP contribution in [0.25, 0.3) is 0 Å². The maximum atomic E-state index is 11.7. The summed E-state index contributed by atoms with van der Waals surface area (Å²) in [7, 11) is 0. The standard InChI is InChI=1S/C14H20N2O2/c1-10(2)7-8-14(17)15-13-6-4-5-12(9-13)11(3)16-18/h4-6,9-10,18H,7-8H2,1-3H3,(H,15,17)/b16-11+. The molecule has 4 nitrogen and oxygen atoms in total. The maximum absolute atomic E-state index is 11.7. The van der Waals surface area contributed by atoms with E-state index in [0.717, 1.165) is 17.7 Å². The highest BCUT2D eigenvalue weighted by atomic mass is 16.4. The van der Waals surface area contributed by atoms with Crippen molar-refractivity contribution in [2.45, 2.75) is 33.6 Å². The van der Waals surface area contributed by atoms with Gasteiger partial charge in [-0.15, -0.1) is 0 Å². The van der Waals surface area contributed by atoms with Gasteiger partial charge in [-0.25, -0.2) is 0 Å². The molecule has 0 aromatic heterocycles. The third kappa shape index (κ3) is 4.57. The summed E-state index contributed by atoms with van der Waals surface area (Å²) in [4.78, 5) is 11.7. The fourth-order valence-corrected chi connectivity index (χ4v) is 1.52. The average molecular weight is 248 g/mol. The molecule has 0 fully saturated rings. The Balaban J connectivity index is 2.65. The monoisotopic (exact) mass is 248 g/mol. The Hall–Kier alpha value is -1.84. The first kappa shape index (κ1) is 14.2. The molecular formula is C14H20N2O2. The number of carbonyl (C=O) groups excluding carboxylic acids is 1. The first-order valence-corrected chi connectivity index (χ1v) is 6.12. The van der Waals surface area contributed by atoms with E-state index in [1.807, 2.05) is 18.2 Å². The third-order valence-corrected chi connectivity index (χ3v) is 2.66. The van der Waals surface area contributed by atoms with Crippen molar-refractivity contribution >= 4 is 17.3 Å². The van der Waals surface area contributed by atoms with Gasteiger partial charge in [0.15, 0.2) is 0 Å². The van der Waals surface area contributed by atoms with E-state index in [9.17, 15) is 4.79 Å². The van der Waals surface area contributed by atoms with Crippen LogP contribution in [0.5, 0.6) is 0 Å². The van der Waals surface area contributed by atoms with Gasteiger partial charge in [0.1, 0.15) is 0 Å². The first-order chi connectivity index (χ1) is 8.52. The van der Waals surface area contributed by atoms with E-state index >= 15 is 0 Å². The van der Waals surface area contributed by atoms with Crippen LogP contribution in [0, 0.1) is 5.92 Å². The van der Waals surface area contributed by atoms with Crippen molar-refractivity contribution < 1.29 is 10.0 Å². The second-order valence-corrected chi connectivity index (χ2v) is 4.75. The first-order valence-electron chi connectivity index (χ1n) is 6.12. The van der Waals surface area contributed by atoms with Gasteiger partial charge in [0.2, 0.25) is 5.91 Å². The predicted octanol–water partition coefficient (Wildman–Crippen LogP) is 3.26. The maximum Gasteiger partial charge on any atom is 0.224 e. The van der Waals surface area contributed by atoms with Gasteiger partial charge in [-0.2, -0.15) is 0 Å². The molecule has 1 rings (SSSR count). The molecule has 0 saturated heterocycles. The van der Waals surface area contributed by atoms with E-state index in [2.05, 4.69) is 24.3 Å². The number of nitrogens with one attached hydrogen (secondary N) is 1. The van der Waals surface area contributed by atoms with Crippen LogP contribution in [-0.4, -0.2) is 16.8 Å². The number of anilines is 1. The van der Waals surface area contributed by atoms with E-state index < -0.39 is 0 Å². The lowest BCUT2D eigenvalue weighted by molar-refractivity contribution is -0.116. The van der Waals surface area contributed by atoms with Gasteiger partial charge in [-0.05, 0) is 31.4 Å². The molecule has 1 aromatic rings. The van der Waals surface area contributed by atoms with Crippen molar-refractivity contribution in [3.63, 3.8) is 0 Å². The van der Waals surface area contributed by atoms with E-state index in [1.54, 1.807) is 13.0 Å². The molecule has 1 aromatic carbocycles. The lowest BCUT2D eigenvalue weighted by atomic mass is 10.1. The minimum atomic E-state index is 0.0134. The molecule has 98 valence electrons. The Kier molecular flexibility index (Phi) is 5.36. The highest BCUT2D eigenvalue weighted by Gasteiger charge is 2.05. The molecule has 18 heavy (non-hydrogen) atoms. The molecule has 0 atom stereocenters. The molecular weight excluding hydrogens is 228 g/mol. The zero-order valence-electron chi connectivity index (χ0n) is 11.1. The van der Waals surface area contributed by atoms with Crippen LogP contribution >= 0.6 is 0 Å². The number of oxime groups is 1. The summed E-state index contributed by atoms with van der Waals surface area (Å²) in [6.45, 7) is 5.89. The summed E-state index contributed by atoms with van der Waals surface area (Å²) in [5.74, 6) is 0.533. The molecule has 0 heterocycles. The van der Waals surface area contributed by atoms with Gasteiger partial charge >= 0.3 is 0 Å². The highest BCUT2D eigenvalue weighted by molar-refractivity contribution is 6.00. The SMILES string of the molecule is C/C(=N\O)c1cccc(NC(=O)CCC(C)C)c1. The number of carbonyl (C=O) groups is 1. The van der Waals surface area contributed by atoms with Gasteiger partial charge in [0.25, 0.3) is 0 Å². The van der Waals surface area contributed by atoms with Crippen LogP contribution in [0.3, 0.4) is 0 Å². The lowest BCUT2D eigenvalue weighted by Gasteiger charge is -2.08. The van der Waals surface area contributed by atoms with E-state index in [1.165, 1.54) is 0 Å². The molecule has 0 unspecified atom stereocenters. The third-order valence-electron chi connectivity index (χ3n) is 2.66. The van der Waals surface area contributed by atoms with Crippen molar-refractivity contribution in [1.82, 2.24) is 0 Å². The van der Waals surface area contributed by atoms with Crippen molar-refractivity contribution in [2.24, 2.45) is 11.1 Å². The molecule has 1 amide bonds. The Morgan fingerprint density at radius 3 is 2.78 bits per heavy atom. The normalized spacial score (nSPS) is 11.7. The van der Waals surface area contributed by atoms with Gasteiger partial charge in [-0.3, -0.25) is 4.79 Å². The van der Waals surface area contributed by atoms with Crippen molar-refractivity contribution in [2.75, 3.05) is 5.32 Å². The minimum absolute atomic E-state index is 0.0134. The summed E-state index contributed by atoms with van der Waals surface area (Å²) in [5.41, 5.74) is 2.04. The number of nitrogens with zero attached hydrogens (tertiary/aromatic N) is 1. The number of benzene rings is 1. The predicted molar refractivity (Wildman–Crippen MR) is 73.1 cm³/mol. The van der Waals surface area contributed by atoms with Crippen LogP contribution in [0.15, 0.2) is 29.4 Å². The zero-order valence-corrected chi connectivity index (χ0v) is 11.1. The second-order valence-electron chi connectivity index (χ2n) is 4.75. The fourth-order valence-electron chi connectivity index (χ4n) is 1.52. The molecule has 0 aliphatic rings. The zero-order chi connectivity index (χ0) is 13.5. The van der Waals surface area contributed by atoms with Crippen molar-refractivity contribution in [3.8, 4) is 0 Å². The number of rotatable bonds is 5. The molecule has 0 spiro atoms. The van der Waals surface area contributed by atoms with E-state index in [0.29, 0.717) is 18.1 Å². The Bertz CT molecular complexity index is 439. The number of hydrogen-bond donors (Lipinski definition) is 2. The Morgan fingerprint density at radius 1 is 1.44 bits per heavy atom. The number of amides is 1. The molecule has 0 radical (unpaired) electrons. The minimum Gasteiger partial charge on any atom is -0.411 e. The Morgan fingerprint density at radius 2 is 2.17 bits per heavy atom. The van der Waals surface area contributed by atoms with Crippen LogP contribution in [0.1, 0.15) is 39.2 Å². The van der Waals surface area contributed by atoms with Crippen LogP contribution < -0.4 is 5.32 Å². The van der Waals surface area contributed by atoms with Crippen LogP contribution in [0.4, 0.5) is 5.69 Å². The summed E-state index contributed by atoms with van der Waals surface area (Å²) in [6, 6.07) is 7.27. The van der Waals surface area contributed by atoms with Crippen LogP contribution in [0.2, 0.25) is 0 Å². The topological polar surface area (TPSA) is 61.7 Å². The summed E-state index contributed by atoms with van der Waals surface area (Å²) < 4.78 is 0. The number of hydrogen-bond acceptors (Lipinski definition) is 3. The van der Waals surface area contributed by atoms with Crippen molar-refractivity contribution in [3.05, 3.63) is 29.8 Å². The summed E-state index contributed by atoms with van der Waals surface area (Å²) in [6.07, 6.45) is 1.40. The highest BCUT2D eigenvalue weighted by Crippen LogP contribution is 2.13. The molecule has 2 N–H and O–H groups in total. The van der Waals surface area contributed by atoms with Gasteiger partial charge < -0.3 is 10.5 Å². The van der Waals surface area contributed by atoms with Gasteiger partial charge in [0, 0.05) is 17.7 Å². The average Bonchev–Trinajstić information content (AvgIpc) is 2.35. The lowest BCUT2D eigenvalue weighted by Crippen LogP contribution is -2.12. The van der Waals surface area contributed by atoms with Crippen LogP contribution in [-0.2, 0) is 4.79 Å². The summed E-state index contributed by atoms with van der Waals surface area (Å²) >= 11 is 0. The van der Waals surface area contributed by atoms with Gasteiger partial charge in [-0.1, -0.05) is 31.1 Å². The molecule has 0 bridgehead atoms. The van der Waals surface area contributed by atoms with E-state index in [4.69, 9.17) is 5.21 Å². The van der Waals surface area contributed by atoms with Gasteiger partial charge in [0.05, 0.1) is 5.71 Å². The fraction of sp³-hybridized carbons (Fsp3) is 0.429. The molecule has 0 aliphatic heterocycles. The largest absolute Gasteiger partial charge is 0.411 e. The smallest absolute Gasteiger partial charge is 0.224 e. The molecule has 4 heteroatoms. The Labute approximate surface area is 108 Å². The summed E-state index contributed by atoms with van der Waals surface area (Å²) in [5, 5.41) is 14.7.